The van der Waals surface area contributed by atoms with E-state index in [-0.39, 0.29) is 26.2 Å². The number of nitriles is 1. The van der Waals surface area contributed by atoms with E-state index in [4.69, 9.17) is 10.00 Å². The van der Waals surface area contributed by atoms with E-state index in [1.165, 1.54) is 0 Å². The van der Waals surface area contributed by atoms with E-state index >= 15 is 0 Å². The van der Waals surface area contributed by atoms with Gasteiger partial charge in [-0.3, -0.25) is 4.79 Å². The molecular weight excluding hydrogens is 206 g/mol. The number of likely N-dealkylation sites (tertiary alicyclic amines) is 1. The van der Waals surface area contributed by atoms with Gasteiger partial charge >= 0.3 is 0 Å². The molecule has 0 radical (unpaired) electrons. The summed E-state index contributed by atoms with van der Waals surface area (Å²) in [5.74, 6) is -3.33. The first kappa shape index (κ1) is 10.3. The molecule has 2 rings (SSSR count). The molecule has 0 atom stereocenters. The third-order valence-corrected chi connectivity index (χ3v) is 2.78. The lowest BCUT2D eigenvalue weighted by Crippen LogP contribution is -2.54. The number of halogens is 2. The Labute approximate surface area is 85.4 Å². The second-order valence-electron chi connectivity index (χ2n) is 4.02. The second-order valence-corrected chi connectivity index (χ2v) is 4.02. The summed E-state index contributed by atoms with van der Waals surface area (Å²) >= 11 is 0. The van der Waals surface area contributed by atoms with Crippen molar-refractivity contribution < 1.29 is 18.3 Å². The fourth-order valence-electron chi connectivity index (χ4n) is 1.75. The van der Waals surface area contributed by atoms with Gasteiger partial charge in [-0.1, -0.05) is 0 Å². The molecule has 2 aliphatic heterocycles. The molecule has 0 N–H and O–H groups in total. The van der Waals surface area contributed by atoms with E-state index in [1.54, 1.807) is 0 Å². The molecule has 82 valence electrons. The first-order chi connectivity index (χ1) is 6.99. The van der Waals surface area contributed by atoms with Crippen LogP contribution >= 0.6 is 0 Å². The molecule has 15 heavy (non-hydrogen) atoms. The molecule has 4 nitrogen and oxygen atoms in total. The number of carbonyl (C=O) groups is 1. The Hall–Kier alpha value is -1.22. The van der Waals surface area contributed by atoms with Crippen molar-refractivity contribution in [1.29, 1.82) is 5.26 Å². The zero-order chi connectivity index (χ0) is 11.1. The Balaban J connectivity index is 2.07. The maximum atomic E-state index is 12.9. The van der Waals surface area contributed by atoms with Crippen LogP contribution in [0, 0.1) is 16.7 Å². The summed E-state index contributed by atoms with van der Waals surface area (Å²) in [6, 6.07) is 1.86. The molecule has 0 bridgehead atoms. The maximum absolute atomic E-state index is 12.9. The van der Waals surface area contributed by atoms with Gasteiger partial charge in [-0.15, -0.1) is 0 Å². The van der Waals surface area contributed by atoms with Crippen LogP contribution in [0.4, 0.5) is 8.78 Å². The molecular formula is C9H10F2N2O2. The lowest BCUT2D eigenvalue weighted by atomic mass is 9.86. The number of carbonyl (C=O) groups excluding carboxylic acids is 1. The van der Waals surface area contributed by atoms with Crippen molar-refractivity contribution in [3.05, 3.63) is 0 Å². The van der Waals surface area contributed by atoms with Gasteiger partial charge in [-0.05, 0) is 0 Å². The normalized spacial score (nSPS) is 26.9. The molecule has 2 saturated heterocycles. The van der Waals surface area contributed by atoms with Crippen LogP contribution in [-0.2, 0) is 9.53 Å². The Morgan fingerprint density at radius 2 is 2.13 bits per heavy atom. The van der Waals surface area contributed by atoms with Gasteiger partial charge in [0.1, 0.15) is 0 Å². The minimum atomic E-state index is -2.81. The molecule has 2 heterocycles. The topological polar surface area (TPSA) is 53.3 Å². The monoisotopic (exact) mass is 216 g/mol. The molecule has 0 aromatic carbocycles. The number of alkyl halides is 2. The van der Waals surface area contributed by atoms with Crippen LogP contribution in [0.3, 0.4) is 0 Å². The van der Waals surface area contributed by atoms with Crippen LogP contribution in [0.5, 0.6) is 0 Å². The molecule has 6 heteroatoms. The minimum Gasteiger partial charge on any atom is -0.377 e. The zero-order valence-electron chi connectivity index (χ0n) is 8.00. The molecule has 0 aromatic heterocycles. The van der Waals surface area contributed by atoms with Crippen LogP contribution in [0.15, 0.2) is 0 Å². The number of ether oxygens (including phenoxy) is 1. The van der Waals surface area contributed by atoms with Gasteiger partial charge < -0.3 is 9.64 Å². The van der Waals surface area contributed by atoms with Crippen LogP contribution in [0.1, 0.15) is 6.42 Å². The highest BCUT2D eigenvalue weighted by atomic mass is 19.3. The van der Waals surface area contributed by atoms with Crippen molar-refractivity contribution in [3.8, 4) is 6.07 Å². The first-order valence-corrected chi connectivity index (χ1v) is 4.65. The predicted octanol–water partition coefficient (Wildman–Crippen LogP) is 0.394. The van der Waals surface area contributed by atoms with E-state index in [0.29, 0.717) is 0 Å². The summed E-state index contributed by atoms with van der Waals surface area (Å²) in [5.41, 5.74) is -1.21. The number of hydrogen-bond acceptors (Lipinski definition) is 3. The van der Waals surface area contributed by atoms with Gasteiger partial charge in [-0.2, -0.15) is 5.26 Å². The van der Waals surface area contributed by atoms with Gasteiger partial charge in [-0.25, -0.2) is 8.78 Å². The minimum absolute atomic E-state index is 0.0183. The van der Waals surface area contributed by atoms with Crippen LogP contribution in [-0.4, -0.2) is 43.0 Å². The lowest BCUT2D eigenvalue weighted by molar-refractivity contribution is -0.161. The third kappa shape index (κ3) is 1.57. The number of hydrogen-bond donors (Lipinski definition) is 0. The average molecular weight is 216 g/mol. The molecule has 0 spiro atoms. The Morgan fingerprint density at radius 3 is 2.47 bits per heavy atom. The fraction of sp³-hybridized carbons (Fsp3) is 0.778. The second kappa shape index (κ2) is 3.14. The Kier molecular flexibility index (Phi) is 2.15. The molecule has 2 aliphatic rings. The highest BCUT2D eigenvalue weighted by molar-refractivity contribution is 5.87. The van der Waals surface area contributed by atoms with E-state index in [0.717, 1.165) is 4.90 Å². The summed E-state index contributed by atoms with van der Waals surface area (Å²) in [5, 5.41) is 8.83. The average Bonchev–Trinajstić information content (AvgIpc) is 2.45. The van der Waals surface area contributed by atoms with Crippen molar-refractivity contribution in [3.63, 3.8) is 0 Å². The molecule has 0 saturated carbocycles. The van der Waals surface area contributed by atoms with Crippen molar-refractivity contribution in [2.45, 2.75) is 12.3 Å². The molecule has 0 aliphatic carbocycles. The van der Waals surface area contributed by atoms with E-state index in [1.807, 2.05) is 6.07 Å². The van der Waals surface area contributed by atoms with Crippen molar-refractivity contribution in [2.75, 3.05) is 26.3 Å². The Morgan fingerprint density at radius 1 is 1.47 bits per heavy atom. The SMILES string of the molecule is N#CC1(C(=O)N2CCC(F)(F)C2)COC1. The number of nitrogens with zero attached hydrogens (tertiary/aromatic N) is 2. The van der Waals surface area contributed by atoms with Crippen molar-refractivity contribution in [1.82, 2.24) is 4.90 Å². The van der Waals surface area contributed by atoms with Gasteiger partial charge in [0.05, 0.1) is 25.8 Å². The van der Waals surface area contributed by atoms with Crippen molar-refractivity contribution >= 4 is 5.91 Å². The molecule has 0 aromatic rings. The maximum Gasteiger partial charge on any atom is 0.267 e. The van der Waals surface area contributed by atoms with E-state index < -0.39 is 23.8 Å². The predicted molar refractivity (Wildman–Crippen MR) is 45.0 cm³/mol. The largest absolute Gasteiger partial charge is 0.377 e. The first-order valence-electron chi connectivity index (χ1n) is 4.65. The van der Waals surface area contributed by atoms with Crippen LogP contribution < -0.4 is 0 Å². The smallest absolute Gasteiger partial charge is 0.267 e. The van der Waals surface area contributed by atoms with Gasteiger partial charge in [0.25, 0.3) is 5.92 Å². The molecule has 0 unspecified atom stereocenters. The standard InChI is InChI=1S/C9H10F2N2O2/c10-9(11)1-2-13(4-9)7(14)8(3-12)5-15-6-8/h1-2,4-6H2. The summed E-state index contributed by atoms with van der Waals surface area (Å²) in [6.45, 7) is -0.515. The highest BCUT2D eigenvalue weighted by Gasteiger charge is 2.52. The summed E-state index contributed by atoms with van der Waals surface area (Å²) in [4.78, 5) is 12.8. The summed E-state index contributed by atoms with van der Waals surface area (Å²) < 4.78 is 30.5. The van der Waals surface area contributed by atoms with Gasteiger partial charge in [0.15, 0.2) is 5.41 Å². The summed E-state index contributed by atoms with van der Waals surface area (Å²) in [7, 11) is 0. The lowest BCUT2D eigenvalue weighted by Gasteiger charge is -2.36. The quantitative estimate of drug-likeness (QED) is 0.637. The van der Waals surface area contributed by atoms with Crippen LogP contribution in [0.25, 0.3) is 0 Å². The van der Waals surface area contributed by atoms with E-state index in [2.05, 4.69) is 0 Å². The van der Waals surface area contributed by atoms with Gasteiger partial charge in [0, 0.05) is 13.0 Å². The third-order valence-electron chi connectivity index (χ3n) is 2.78. The van der Waals surface area contributed by atoms with Crippen LogP contribution in [0.2, 0.25) is 0 Å². The highest BCUT2D eigenvalue weighted by Crippen LogP contribution is 2.34. The van der Waals surface area contributed by atoms with Gasteiger partial charge in [0.2, 0.25) is 5.91 Å². The van der Waals surface area contributed by atoms with Crippen molar-refractivity contribution in [2.24, 2.45) is 5.41 Å². The zero-order valence-corrected chi connectivity index (χ0v) is 8.00. The fourth-order valence-corrected chi connectivity index (χ4v) is 1.75. The molecule has 1 amide bonds. The molecule has 2 fully saturated rings. The Bertz CT molecular complexity index is 333. The van der Waals surface area contributed by atoms with E-state index in [9.17, 15) is 13.6 Å². The summed E-state index contributed by atoms with van der Waals surface area (Å²) in [6.07, 6.45) is -0.318. The number of rotatable bonds is 1. The number of amides is 1.